The zero-order valence-corrected chi connectivity index (χ0v) is 14.7. The fourth-order valence-corrected chi connectivity index (χ4v) is 2.11. The Labute approximate surface area is 152 Å². The van der Waals surface area contributed by atoms with E-state index in [0.717, 1.165) is 17.0 Å². The van der Waals surface area contributed by atoms with E-state index >= 15 is 0 Å². The van der Waals surface area contributed by atoms with Crippen molar-refractivity contribution in [3.63, 3.8) is 0 Å². The molecule has 2 heterocycles. The number of benzene rings is 1. The van der Waals surface area contributed by atoms with Gasteiger partial charge in [0.1, 0.15) is 19.0 Å². The van der Waals surface area contributed by atoms with Crippen molar-refractivity contribution in [2.75, 3.05) is 18.5 Å². The van der Waals surface area contributed by atoms with Crippen LogP contribution < -0.4 is 20.5 Å². The van der Waals surface area contributed by atoms with Crippen LogP contribution in [-0.4, -0.2) is 30.1 Å². The van der Waals surface area contributed by atoms with Crippen LogP contribution in [0.1, 0.15) is 6.92 Å². The molecule has 0 bridgehead atoms. The van der Waals surface area contributed by atoms with Crippen LogP contribution >= 0.6 is 24.8 Å². The highest BCUT2D eigenvalue weighted by atomic mass is 35.5. The minimum Gasteiger partial charge on any atom is -0.486 e. The molecule has 1 aliphatic heterocycles. The zero-order chi connectivity index (χ0) is 15.5. The Morgan fingerprint density at radius 3 is 2.58 bits per heavy atom. The fourth-order valence-electron chi connectivity index (χ4n) is 2.11. The number of anilines is 1. The van der Waals surface area contributed by atoms with Gasteiger partial charge in [-0.15, -0.1) is 24.8 Å². The van der Waals surface area contributed by atoms with Gasteiger partial charge in [-0.3, -0.25) is 4.79 Å². The number of halogens is 2. The third kappa shape index (κ3) is 4.50. The summed E-state index contributed by atoms with van der Waals surface area (Å²) in [7, 11) is 0. The molecule has 3 rings (SSSR count). The molecule has 1 atom stereocenters. The number of amides is 1. The number of nitrogens with zero attached hydrogens (tertiary/aromatic N) is 1. The Bertz CT molecular complexity index is 711. The van der Waals surface area contributed by atoms with Crippen molar-refractivity contribution in [2.45, 2.75) is 13.0 Å². The van der Waals surface area contributed by atoms with E-state index in [4.69, 9.17) is 15.2 Å². The first-order chi connectivity index (χ1) is 10.6. The van der Waals surface area contributed by atoms with Crippen molar-refractivity contribution in [1.82, 2.24) is 4.98 Å². The van der Waals surface area contributed by atoms with Crippen molar-refractivity contribution in [2.24, 2.45) is 5.73 Å². The van der Waals surface area contributed by atoms with Gasteiger partial charge in [0, 0.05) is 5.56 Å². The van der Waals surface area contributed by atoms with Gasteiger partial charge in [-0.25, -0.2) is 4.98 Å². The van der Waals surface area contributed by atoms with Crippen LogP contribution in [0.4, 0.5) is 5.82 Å². The molecule has 1 amide bonds. The number of pyridine rings is 1. The molecule has 0 aliphatic carbocycles. The van der Waals surface area contributed by atoms with Crippen LogP contribution in [0, 0.1) is 0 Å². The topological polar surface area (TPSA) is 86.5 Å². The number of hydrogen-bond acceptors (Lipinski definition) is 5. The molecule has 8 heteroatoms. The van der Waals surface area contributed by atoms with Gasteiger partial charge in [0.25, 0.3) is 0 Å². The predicted octanol–water partition coefficient (Wildman–Crippen LogP) is 2.65. The third-order valence-electron chi connectivity index (χ3n) is 3.25. The SMILES string of the molecule is C[C@@H](N)C(=O)Nc1cccc(-c2ccc3c(c2)OCCO3)n1.Cl.Cl. The molecule has 0 saturated carbocycles. The van der Waals surface area contributed by atoms with E-state index in [0.29, 0.717) is 24.8 Å². The molecule has 2 aromatic rings. The van der Waals surface area contributed by atoms with Crippen molar-refractivity contribution >= 4 is 36.5 Å². The summed E-state index contributed by atoms with van der Waals surface area (Å²) in [6.07, 6.45) is 0. The summed E-state index contributed by atoms with van der Waals surface area (Å²) >= 11 is 0. The number of ether oxygens (including phenoxy) is 2. The lowest BCUT2D eigenvalue weighted by molar-refractivity contribution is -0.117. The monoisotopic (exact) mass is 371 g/mol. The van der Waals surface area contributed by atoms with Gasteiger partial charge in [-0.2, -0.15) is 0 Å². The second-order valence-corrected chi connectivity index (χ2v) is 5.04. The molecule has 130 valence electrons. The number of nitrogens with one attached hydrogen (secondary N) is 1. The maximum absolute atomic E-state index is 11.6. The van der Waals surface area contributed by atoms with Gasteiger partial charge >= 0.3 is 0 Å². The first-order valence-corrected chi connectivity index (χ1v) is 7.07. The minimum atomic E-state index is -0.584. The van der Waals surface area contributed by atoms with Crippen LogP contribution in [-0.2, 0) is 4.79 Å². The Morgan fingerprint density at radius 2 is 1.88 bits per heavy atom. The number of aromatic nitrogens is 1. The first kappa shape index (κ1) is 20.0. The van der Waals surface area contributed by atoms with Crippen molar-refractivity contribution < 1.29 is 14.3 Å². The summed E-state index contributed by atoms with van der Waals surface area (Å²) in [5.74, 6) is 1.63. The molecule has 0 unspecified atom stereocenters. The van der Waals surface area contributed by atoms with E-state index in [1.165, 1.54) is 0 Å². The largest absolute Gasteiger partial charge is 0.486 e. The van der Waals surface area contributed by atoms with Gasteiger partial charge in [-0.1, -0.05) is 6.07 Å². The third-order valence-corrected chi connectivity index (χ3v) is 3.25. The highest BCUT2D eigenvalue weighted by Crippen LogP contribution is 2.34. The number of rotatable bonds is 3. The van der Waals surface area contributed by atoms with Crippen molar-refractivity contribution in [3.05, 3.63) is 36.4 Å². The summed E-state index contributed by atoms with van der Waals surface area (Å²) in [5, 5.41) is 2.68. The molecule has 1 aliphatic rings. The van der Waals surface area contributed by atoms with Crippen LogP contribution in [0.5, 0.6) is 11.5 Å². The number of nitrogens with two attached hydrogens (primary N) is 1. The average Bonchev–Trinajstić information content (AvgIpc) is 2.54. The smallest absolute Gasteiger partial charge is 0.242 e. The lowest BCUT2D eigenvalue weighted by Crippen LogP contribution is -2.32. The zero-order valence-electron chi connectivity index (χ0n) is 13.0. The molecule has 1 aromatic heterocycles. The maximum Gasteiger partial charge on any atom is 0.242 e. The van der Waals surface area contributed by atoms with Gasteiger partial charge < -0.3 is 20.5 Å². The van der Waals surface area contributed by atoms with E-state index < -0.39 is 6.04 Å². The second kappa shape index (κ2) is 8.73. The normalized spacial score (nSPS) is 13.1. The Kier molecular flexibility index (Phi) is 7.28. The molecular weight excluding hydrogens is 353 g/mol. The molecule has 0 spiro atoms. The highest BCUT2D eigenvalue weighted by Gasteiger charge is 2.13. The lowest BCUT2D eigenvalue weighted by atomic mass is 10.1. The Balaban J connectivity index is 0.00000144. The lowest BCUT2D eigenvalue weighted by Gasteiger charge is -2.18. The summed E-state index contributed by atoms with van der Waals surface area (Å²) in [6.45, 7) is 2.72. The van der Waals surface area contributed by atoms with Gasteiger partial charge in [0.15, 0.2) is 11.5 Å². The Hall–Kier alpha value is -2.02. The molecular formula is C16H19Cl2N3O3. The molecule has 0 fully saturated rings. The maximum atomic E-state index is 11.6. The van der Waals surface area contributed by atoms with Crippen LogP contribution in [0.2, 0.25) is 0 Å². The number of carbonyl (C=O) groups excluding carboxylic acids is 1. The first-order valence-electron chi connectivity index (χ1n) is 7.07. The quantitative estimate of drug-likeness (QED) is 0.865. The predicted molar refractivity (Wildman–Crippen MR) is 97.4 cm³/mol. The van der Waals surface area contributed by atoms with E-state index in [9.17, 15) is 4.79 Å². The highest BCUT2D eigenvalue weighted by molar-refractivity contribution is 5.93. The van der Waals surface area contributed by atoms with Gasteiger partial charge in [0.05, 0.1) is 11.7 Å². The minimum absolute atomic E-state index is 0. The van der Waals surface area contributed by atoms with E-state index in [1.807, 2.05) is 30.3 Å². The van der Waals surface area contributed by atoms with Crippen molar-refractivity contribution in [1.29, 1.82) is 0 Å². The van der Waals surface area contributed by atoms with Gasteiger partial charge in [-0.05, 0) is 37.3 Å². The molecule has 3 N–H and O–H groups in total. The van der Waals surface area contributed by atoms with Crippen LogP contribution in [0.3, 0.4) is 0 Å². The fraction of sp³-hybridized carbons (Fsp3) is 0.250. The molecule has 6 nitrogen and oxygen atoms in total. The average molecular weight is 372 g/mol. The second-order valence-electron chi connectivity index (χ2n) is 5.04. The number of hydrogen-bond donors (Lipinski definition) is 2. The number of fused-ring (bicyclic) bond motifs is 1. The van der Waals surface area contributed by atoms with Crippen molar-refractivity contribution in [3.8, 4) is 22.8 Å². The molecule has 0 radical (unpaired) electrons. The summed E-state index contributed by atoms with van der Waals surface area (Å²) < 4.78 is 11.1. The number of carbonyl (C=O) groups is 1. The van der Waals surface area contributed by atoms with Gasteiger partial charge in [0.2, 0.25) is 5.91 Å². The van der Waals surface area contributed by atoms with Crippen LogP contribution in [0.25, 0.3) is 11.3 Å². The summed E-state index contributed by atoms with van der Waals surface area (Å²) in [6, 6.07) is 10.5. The van der Waals surface area contributed by atoms with E-state index in [1.54, 1.807) is 13.0 Å². The van der Waals surface area contributed by atoms with E-state index in [-0.39, 0.29) is 30.7 Å². The molecule has 24 heavy (non-hydrogen) atoms. The van der Waals surface area contributed by atoms with E-state index in [2.05, 4.69) is 10.3 Å². The Morgan fingerprint density at radius 1 is 1.17 bits per heavy atom. The molecule has 0 saturated heterocycles. The summed E-state index contributed by atoms with van der Waals surface area (Å²) in [5.41, 5.74) is 7.16. The standard InChI is InChI=1S/C16H17N3O3.2ClH/c1-10(17)16(20)19-15-4-2-3-12(18-15)11-5-6-13-14(9-11)22-8-7-21-13;;/h2-6,9-10H,7-8,17H2,1H3,(H,18,19,20);2*1H/t10-;;/m1../s1. The molecule has 1 aromatic carbocycles. The summed E-state index contributed by atoms with van der Waals surface area (Å²) in [4.78, 5) is 16.1. The van der Waals surface area contributed by atoms with Crippen LogP contribution in [0.15, 0.2) is 36.4 Å².